The zero-order chi connectivity index (χ0) is 21.3. The van der Waals surface area contributed by atoms with Gasteiger partial charge in [0, 0.05) is 37.5 Å². The number of nitrogens with zero attached hydrogens (tertiary/aromatic N) is 2. The number of hydrogen-bond donors (Lipinski definition) is 1. The predicted molar refractivity (Wildman–Crippen MR) is 119 cm³/mol. The Bertz CT molecular complexity index is 941. The number of nitrogens with one attached hydrogen (secondary N) is 1. The Labute approximate surface area is 182 Å². The van der Waals surface area contributed by atoms with E-state index in [0.29, 0.717) is 47.2 Å². The van der Waals surface area contributed by atoms with Gasteiger partial charge in [0.2, 0.25) is 5.91 Å². The molecule has 2 amide bonds. The Morgan fingerprint density at radius 2 is 1.90 bits per heavy atom. The molecule has 2 aliphatic rings. The lowest BCUT2D eigenvalue weighted by Crippen LogP contribution is -2.50. The first-order valence-electron chi connectivity index (χ1n) is 10.8. The van der Waals surface area contributed by atoms with Gasteiger partial charge in [-0.05, 0) is 30.9 Å². The fraction of sp³-hybridized carbons (Fsp3) is 0.565. The van der Waals surface area contributed by atoms with E-state index in [0.717, 1.165) is 0 Å². The summed E-state index contributed by atoms with van der Waals surface area (Å²) in [6.45, 7) is 1.32. The number of halogens is 1. The van der Waals surface area contributed by atoms with Gasteiger partial charge in [-0.1, -0.05) is 43.4 Å². The van der Waals surface area contributed by atoms with Gasteiger partial charge in [-0.2, -0.15) is 0 Å². The maximum atomic E-state index is 13.1. The molecule has 2 heterocycles. The SMILES string of the molecule is CN(C)C(=O)n1cc(NC(=O)CC2(C3CCCCCC3)COC2)c2c(Cl)cccc21. The van der Waals surface area contributed by atoms with Crippen molar-refractivity contribution >= 4 is 40.1 Å². The summed E-state index contributed by atoms with van der Waals surface area (Å²) in [5.74, 6) is 0.499. The van der Waals surface area contributed by atoms with E-state index in [1.165, 1.54) is 48.0 Å². The van der Waals surface area contributed by atoms with Crippen LogP contribution < -0.4 is 5.32 Å². The van der Waals surface area contributed by atoms with Crippen molar-refractivity contribution in [2.75, 3.05) is 32.6 Å². The number of ether oxygens (including phenoxy) is 1. The van der Waals surface area contributed by atoms with E-state index in [1.54, 1.807) is 26.4 Å². The molecule has 0 bridgehead atoms. The predicted octanol–water partition coefficient (Wildman–Crippen LogP) is 5.14. The maximum Gasteiger partial charge on any atom is 0.328 e. The van der Waals surface area contributed by atoms with Crippen molar-refractivity contribution in [3.63, 3.8) is 0 Å². The number of rotatable bonds is 4. The molecule has 7 heteroatoms. The Morgan fingerprint density at radius 3 is 2.50 bits per heavy atom. The van der Waals surface area contributed by atoms with Gasteiger partial charge in [0.05, 0.1) is 29.4 Å². The van der Waals surface area contributed by atoms with Gasteiger partial charge in [0.1, 0.15) is 0 Å². The van der Waals surface area contributed by atoms with Crippen LogP contribution in [0.2, 0.25) is 5.02 Å². The van der Waals surface area contributed by atoms with E-state index in [-0.39, 0.29) is 17.4 Å². The largest absolute Gasteiger partial charge is 0.380 e. The standard InChI is InChI=1S/C23H30ClN3O3/c1-26(2)22(29)27-13-18(21-17(24)10-7-11-19(21)27)25-20(28)12-23(14-30-15-23)16-8-5-3-4-6-9-16/h7,10-11,13,16H,3-6,8-9,12,14-15H2,1-2H3,(H,25,28). The lowest BCUT2D eigenvalue weighted by Gasteiger charge is -2.47. The van der Waals surface area contributed by atoms with Crippen LogP contribution in [0.15, 0.2) is 24.4 Å². The zero-order valence-corrected chi connectivity index (χ0v) is 18.5. The number of carbonyl (C=O) groups is 2. The summed E-state index contributed by atoms with van der Waals surface area (Å²) in [5, 5.41) is 4.25. The molecule has 0 atom stereocenters. The number of amides is 2. The molecule has 1 aromatic carbocycles. The number of aromatic nitrogens is 1. The second-order valence-corrected chi connectivity index (χ2v) is 9.40. The molecule has 0 radical (unpaired) electrons. The summed E-state index contributed by atoms with van der Waals surface area (Å²) in [7, 11) is 3.40. The number of benzene rings is 1. The van der Waals surface area contributed by atoms with Gasteiger partial charge in [0.15, 0.2) is 0 Å². The van der Waals surface area contributed by atoms with E-state index in [4.69, 9.17) is 16.3 Å². The third kappa shape index (κ3) is 3.95. The van der Waals surface area contributed by atoms with Crippen LogP contribution in [-0.4, -0.2) is 48.7 Å². The Balaban J connectivity index is 1.58. The molecule has 1 aromatic heterocycles. The molecule has 1 N–H and O–H groups in total. The van der Waals surface area contributed by atoms with Crippen LogP contribution >= 0.6 is 11.6 Å². The Kier molecular flexibility index (Phi) is 6.07. The molecule has 162 valence electrons. The van der Waals surface area contributed by atoms with Gasteiger partial charge in [-0.25, -0.2) is 4.79 Å². The van der Waals surface area contributed by atoms with Crippen molar-refractivity contribution in [3.05, 3.63) is 29.4 Å². The molecule has 6 nitrogen and oxygen atoms in total. The zero-order valence-electron chi connectivity index (χ0n) is 17.7. The van der Waals surface area contributed by atoms with Crippen LogP contribution in [0.25, 0.3) is 10.9 Å². The molecule has 30 heavy (non-hydrogen) atoms. The molecule has 1 saturated carbocycles. The van der Waals surface area contributed by atoms with Crippen molar-refractivity contribution in [2.45, 2.75) is 44.9 Å². The van der Waals surface area contributed by atoms with Crippen LogP contribution in [0.3, 0.4) is 0 Å². The highest BCUT2D eigenvalue weighted by Gasteiger charge is 2.46. The minimum absolute atomic E-state index is 0.0428. The molecular formula is C23H30ClN3O3. The Hall–Kier alpha value is -2.05. The van der Waals surface area contributed by atoms with Crippen molar-refractivity contribution in [1.82, 2.24) is 9.47 Å². The van der Waals surface area contributed by atoms with E-state index >= 15 is 0 Å². The molecule has 0 unspecified atom stereocenters. The van der Waals surface area contributed by atoms with Crippen molar-refractivity contribution in [1.29, 1.82) is 0 Å². The molecular weight excluding hydrogens is 402 g/mol. The highest BCUT2D eigenvalue weighted by Crippen LogP contribution is 2.46. The summed E-state index contributed by atoms with van der Waals surface area (Å²) in [4.78, 5) is 27.2. The highest BCUT2D eigenvalue weighted by molar-refractivity contribution is 6.37. The lowest BCUT2D eigenvalue weighted by molar-refractivity contribution is -0.160. The molecule has 4 rings (SSSR count). The average molecular weight is 432 g/mol. The average Bonchev–Trinajstić information content (AvgIpc) is 2.86. The first kappa shape index (κ1) is 21.2. The minimum Gasteiger partial charge on any atom is -0.380 e. The fourth-order valence-electron chi connectivity index (χ4n) is 4.96. The minimum atomic E-state index is -0.190. The topological polar surface area (TPSA) is 63.6 Å². The lowest BCUT2D eigenvalue weighted by atomic mass is 9.68. The van der Waals surface area contributed by atoms with E-state index in [9.17, 15) is 9.59 Å². The van der Waals surface area contributed by atoms with Crippen LogP contribution in [0.1, 0.15) is 44.9 Å². The number of hydrogen-bond acceptors (Lipinski definition) is 3. The van der Waals surface area contributed by atoms with Crippen LogP contribution in [-0.2, 0) is 9.53 Å². The van der Waals surface area contributed by atoms with Gasteiger partial charge in [0.25, 0.3) is 0 Å². The normalized spacial score (nSPS) is 19.2. The van der Waals surface area contributed by atoms with Crippen molar-refractivity contribution in [2.24, 2.45) is 11.3 Å². The second kappa shape index (κ2) is 8.60. The molecule has 0 spiro atoms. The Morgan fingerprint density at radius 1 is 1.20 bits per heavy atom. The summed E-state index contributed by atoms with van der Waals surface area (Å²) >= 11 is 6.45. The van der Waals surface area contributed by atoms with E-state index in [2.05, 4.69) is 5.32 Å². The van der Waals surface area contributed by atoms with Gasteiger partial charge < -0.3 is 15.0 Å². The van der Waals surface area contributed by atoms with Gasteiger partial charge >= 0.3 is 6.03 Å². The molecule has 2 fully saturated rings. The van der Waals surface area contributed by atoms with Crippen molar-refractivity contribution in [3.8, 4) is 0 Å². The van der Waals surface area contributed by atoms with Gasteiger partial charge in [-0.15, -0.1) is 0 Å². The number of carbonyl (C=O) groups excluding carboxylic acids is 2. The summed E-state index contributed by atoms with van der Waals surface area (Å²) in [6.07, 6.45) is 9.53. The highest BCUT2D eigenvalue weighted by atomic mass is 35.5. The van der Waals surface area contributed by atoms with E-state index in [1.807, 2.05) is 12.1 Å². The molecule has 1 saturated heterocycles. The molecule has 1 aliphatic carbocycles. The van der Waals surface area contributed by atoms with Crippen LogP contribution in [0.5, 0.6) is 0 Å². The quantitative estimate of drug-likeness (QED) is 0.681. The summed E-state index contributed by atoms with van der Waals surface area (Å²) in [5.41, 5.74) is 1.20. The fourth-order valence-corrected chi connectivity index (χ4v) is 5.24. The first-order valence-corrected chi connectivity index (χ1v) is 11.2. The second-order valence-electron chi connectivity index (χ2n) is 8.99. The summed E-state index contributed by atoms with van der Waals surface area (Å²) < 4.78 is 7.11. The number of fused-ring (bicyclic) bond motifs is 1. The maximum absolute atomic E-state index is 13.1. The monoisotopic (exact) mass is 431 g/mol. The third-order valence-electron chi connectivity index (χ3n) is 6.65. The van der Waals surface area contributed by atoms with Crippen molar-refractivity contribution < 1.29 is 14.3 Å². The van der Waals surface area contributed by atoms with Crippen LogP contribution in [0, 0.1) is 11.3 Å². The van der Waals surface area contributed by atoms with Crippen LogP contribution in [0.4, 0.5) is 10.5 Å². The molecule has 2 aromatic rings. The third-order valence-corrected chi connectivity index (χ3v) is 6.97. The molecule has 1 aliphatic heterocycles. The smallest absolute Gasteiger partial charge is 0.328 e. The summed E-state index contributed by atoms with van der Waals surface area (Å²) in [6, 6.07) is 5.23. The van der Waals surface area contributed by atoms with E-state index < -0.39 is 0 Å². The number of anilines is 1. The first-order chi connectivity index (χ1) is 14.4. The van der Waals surface area contributed by atoms with Gasteiger partial charge in [-0.3, -0.25) is 9.36 Å².